The molecule has 0 aliphatic rings. The summed E-state index contributed by atoms with van der Waals surface area (Å²) < 4.78 is 12.5. The maximum absolute atomic E-state index is 12.0. The molecule has 3 heterocycles. The summed E-state index contributed by atoms with van der Waals surface area (Å²) >= 11 is 0. The van der Waals surface area contributed by atoms with E-state index >= 15 is 0 Å². The molecule has 0 aliphatic heterocycles. The lowest BCUT2D eigenvalue weighted by atomic mass is 10.0. The first-order valence-corrected chi connectivity index (χ1v) is 9.90. The third-order valence-corrected chi connectivity index (χ3v) is 4.56. The van der Waals surface area contributed by atoms with Crippen LogP contribution < -0.4 is 10.1 Å². The second-order valence-electron chi connectivity index (χ2n) is 8.09. The maximum Gasteiger partial charge on any atom is 0.413 e. The number of amides is 1. The Bertz CT molecular complexity index is 1220. The molecule has 0 aliphatic carbocycles. The molecule has 7 heteroatoms. The molecule has 0 bridgehead atoms. The van der Waals surface area contributed by atoms with Gasteiger partial charge in [-0.25, -0.2) is 14.8 Å². The number of nitrogens with one attached hydrogen (secondary N) is 1. The molecule has 158 valence electrons. The fourth-order valence-corrected chi connectivity index (χ4v) is 3.15. The number of anilines is 1. The van der Waals surface area contributed by atoms with Crippen LogP contribution in [0.1, 0.15) is 20.8 Å². The van der Waals surface area contributed by atoms with Gasteiger partial charge in [-0.2, -0.15) is 0 Å². The highest BCUT2D eigenvalue weighted by molar-refractivity contribution is 5.84. The number of hydrogen-bond acceptors (Lipinski definition) is 5. The summed E-state index contributed by atoms with van der Waals surface area (Å²) in [5.41, 5.74) is 4.11. The van der Waals surface area contributed by atoms with Gasteiger partial charge in [-0.1, -0.05) is 24.3 Å². The summed E-state index contributed by atoms with van der Waals surface area (Å²) in [6, 6.07) is 15.6. The Hall–Kier alpha value is -3.87. The molecule has 7 nitrogen and oxygen atoms in total. The van der Waals surface area contributed by atoms with Gasteiger partial charge >= 0.3 is 6.09 Å². The monoisotopic (exact) mass is 416 g/mol. The molecule has 31 heavy (non-hydrogen) atoms. The number of benzene rings is 1. The van der Waals surface area contributed by atoms with Gasteiger partial charge in [0, 0.05) is 18.0 Å². The second kappa shape index (κ2) is 8.10. The summed E-state index contributed by atoms with van der Waals surface area (Å²) in [5.74, 6) is 1.21. The summed E-state index contributed by atoms with van der Waals surface area (Å²) in [5, 5.41) is 2.67. The van der Waals surface area contributed by atoms with Gasteiger partial charge in [0.2, 0.25) is 0 Å². The molecule has 0 saturated carbocycles. The van der Waals surface area contributed by atoms with Crippen LogP contribution in [0.4, 0.5) is 10.6 Å². The van der Waals surface area contributed by atoms with Crippen LogP contribution in [0.15, 0.2) is 67.1 Å². The quantitative estimate of drug-likeness (QED) is 0.481. The van der Waals surface area contributed by atoms with E-state index in [9.17, 15) is 4.79 Å². The molecule has 4 rings (SSSR count). The highest BCUT2D eigenvalue weighted by atomic mass is 16.6. The van der Waals surface area contributed by atoms with Crippen molar-refractivity contribution < 1.29 is 14.3 Å². The maximum atomic E-state index is 12.0. The minimum absolute atomic E-state index is 0.435. The Morgan fingerprint density at radius 3 is 2.42 bits per heavy atom. The molecule has 0 atom stereocenters. The van der Waals surface area contributed by atoms with Gasteiger partial charge in [0.05, 0.1) is 19.0 Å². The van der Waals surface area contributed by atoms with Crippen LogP contribution in [0, 0.1) is 0 Å². The SMILES string of the molecule is COc1ccc2nc(-c3ccc(-c4ccnc(NC(=O)OC(C)(C)C)c4)cc3)cn2c1. The highest BCUT2D eigenvalue weighted by Gasteiger charge is 2.16. The highest BCUT2D eigenvalue weighted by Crippen LogP contribution is 2.26. The normalized spacial score (nSPS) is 11.4. The van der Waals surface area contributed by atoms with Crippen LogP contribution >= 0.6 is 0 Å². The summed E-state index contributed by atoms with van der Waals surface area (Å²) in [6.45, 7) is 5.45. The van der Waals surface area contributed by atoms with Crippen LogP contribution in [0.2, 0.25) is 0 Å². The largest absolute Gasteiger partial charge is 0.495 e. The molecular weight excluding hydrogens is 392 g/mol. The average Bonchev–Trinajstić information content (AvgIpc) is 3.16. The zero-order valence-corrected chi connectivity index (χ0v) is 17.9. The second-order valence-corrected chi connectivity index (χ2v) is 8.09. The fraction of sp³-hybridized carbons (Fsp3) is 0.208. The third kappa shape index (κ3) is 4.83. The van der Waals surface area contributed by atoms with E-state index in [1.807, 2.05) is 86.1 Å². The van der Waals surface area contributed by atoms with Crippen LogP contribution in [0.5, 0.6) is 5.75 Å². The Balaban J connectivity index is 1.54. The molecule has 4 aromatic rings. The zero-order valence-electron chi connectivity index (χ0n) is 17.9. The number of carbonyl (C=O) groups excluding carboxylic acids is 1. The van der Waals surface area contributed by atoms with Crippen LogP contribution in [0.25, 0.3) is 28.0 Å². The van der Waals surface area contributed by atoms with Gasteiger partial charge in [0.25, 0.3) is 0 Å². The van der Waals surface area contributed by atoms with E-state index in [2.05, 4.69) is 15.3 Å². The topological polar surface area (TPSA) is 77.8 Å². The number of fused-ring (bicyclic) bond motifs is 1. The lowest BCUT2D eigenvalue weighted by molar-refractivity contribution is 0.0635. The summed E-state index contributed by atoms with van der Waals surface area (Å²) in [4.78, 5) is 20.9. The van der Waals surface area contributed by atoms with Crippen molar-refractivity contribution in [2.24, 2.45) is 0 Å². The molecule has 0 spiro atoms. The summed E-state index contributed by atoms with van der Waals surface area (Å²) in [6.07, 6.45) is 5.00. The van der Waals surface area contributed by atoms with Crippen LogP contribution in [-0.4, -0.2) is 33.2 Å². The van der Waals surface area contributed by atoms with E-state index in [0.717, 1.165) is 33.8 Å². The predicted octanol–water partition coefficient (Wildman–Crippen LogP) is 5.42. The van der Waals surface area contributed by atoms with Crippen molar-refractivity contribution in [3.63, 3.8) is 0 Å². The molecule has 0 fully saturated rings. The lowest BCUT2D eigenvalue weighted by Crippen LogP contribution is -2.27. The van der Waals surface area contributed by atoms with Crippen LogP contribution in [-0.2, 0) is 4.74 Å². The molecule has 0 unspecified atom stereocenters. The number of carbonyl (C=O) groups is 1. The summed E-state index contributed by atoms with van der Waals surface area (Å²) in [7, 11) is 1.64. The van der Waals surface area contributed by atoms with E-state index in [1.165, 1.54) is 0 Å². The van der Waals surface area contributed by atoms with Crippen molar-refractivity contribution in [3.8, 4) is 28.1 Å². The molecule has 1 N–H and O–H groups in total. The van der Waals surface area contributed by atoms with Crippen molar-refractivity contribution in [2.75, 3.05) is 12.4 Å². The minimum atomic E-state index is -0.569. The van der Waals surface area contributed by atoms with Crippen molar-refractivity contribution in [1.29, 1.82) is 0 Å². The number of methoxy groups -OCH3 is 1. The Labute approximate surface area is 180 Å². The first kappa shape index (κ1) is 20.4. The average molecular weight is 416 g/mol. The smallest absolute Gasteiger partial charge is 0.413 e. The standard InChI is InChI=1S/C24H24N4O3/c1-24(2,3)31-23(29)27-21-13-18(11-12-25-21)16-5-7-17(8-6-16)20-15-28-14-19(30-4)9-10-22(28)26-20/h5-15H,1-4H3,(H,25,27,29). The first-order valence-electron chi connectivity index (χ1n) is 9.90. The van der Waals surface area contributed by atoms with Gasteiger partial charge in [-0.15, -0.1) is 0 Å². The van der Waals surface area contributed by atoms with E-state index in [0.29, 0.717) is 5.82 Å². The van der Waals surface area contributed by atoms with Gasteiger partial charge in [0.15, 0.2) is 0 Å². The number of aromatic nitrogens is 3. The third-order valence-electron chi connectivity index (χ3n) is 4.56. The van der Waals surface area contributed by atoms with Gasteiger partial charge in [-0.05, 0) is 56.2 Å². The van der Waals surface area contributed by atoms with Crippen molar-refractivity contribution in [1.82, 2.24) is 14.4 Å². The number of ether oxygens (including phenoxy) is 2. The van der Waals surface area contributed by atoms with Gasteiger partial charge in [-0.3, -0.25) is 5.32 Å². The van der Waals surface area contributed by atoms with E-state index in [-0.39, 0.29) is 0 Å². The lowest BCUT2D eigenvalue weighted by Gasteiger charge is -2.19. The van der Waals surface area contributed by atoms with Crippen molar-refractivity contribution in [2.45, 2.75) is 26.4 Å². The van der Waals surface area contributed by atoms with Gasteiger partial charge < -0.3 is 13.9 Å². The van der Waals surface area contributed by atoms with E-state index in [1.54, 1.807) is 13.3 Å². The number of hydrogen-bond donors (Lipinski definition) is 1. The first-order chi connectivity index (χ1) is 14.8. The fourth-order valence-electron chi connectivity index (χ4n) is 3.15. The number of rotatable bonds is 4. The number of imidazole rings is 1. The van der Waals surface area contributed by atoms with Crippen molar-refractivity contribution in [3.05, 3.63) is 67.1 Å². The van der Waals surface area contributed by atoms with Crippen LogP contribution in [0.3, 0.4) is 0 Å². The van der Waals surface area contributed by atoms with Gasteiger partial charge in [0.1, 0.15) is 22.8 Å². The molecule has 0 radical (unpaired) electrons. The van der Waals surface area contributed by atoms with E-state index in [4.69, 9.17) is 9.47 Å². The van der Waals surface area contributed by atoms with Crippen molar-refractivity contribution >= 4 is 17.6 Å². The van der Waals surface area contributed by atoms with E-state index < -0.39 is 11.7 Å². The Morgan fingerprint density at radius 1 is 0.968 bits per heavy atom. The zero-order chi connectivity index (χ0) is 22.0. The molecule has 1 amide bonds. The molecular formula is C24H24N4O3. The number of nitrogens with zero attached hydrogens (tertiary/aromatic N) is 3. The molecule has 0 saturated heterocycles. The minimum Gasteiger partial charge on any atom is -0.495 e. The Kier molecular flexibility index (Phi) is 5.33. The molecule has 3 aromatic heterocycles. The Morgan fingerprint density at radius 2 is 1.71 bits per heavy atom. The molecule has 1 aromatic carbocycles. The predicted molar refractivity (Wildman–Crippen MR) is 120 cm³/mol. The number of pyridine rings is 2.